The summed E-state index contributed by atoms with van der Waals surface area (Å²) in [4.78, 5) is 4.07. The molecule has 0 aliphatic heterocycles. The summed E-state index contributed by atoms with van der Waals surface area (Å²) in [5.41, 5.74) is 9.22. The van der Waals surface area contributed by atoms with Crippen molar-refractivity contribution in [1.82, 2.24) is 4.98 Å². The molecule has 1 aliphatic carbocycles. The van der Waals surface area contributed by atoms with Gasteiger partial charge in [-0.15, -0.1) is 0 Å². The summed E-state index contributed by atoms with van der Waals surface area (Å²) < 4.78 is 0. The van der Waals surface area contributed by atoms with E-state index in [9.17, 15) is 5.11 Å². The summed E-state index contributed by atoms with van der Waals surface area (Å²) in [7, 11) is 0. The van der Waals surface area contributed by atoms with Crippen molar-refractivity contribution in [3.63, 3.8) is 0 Å². The molecule has 0 saturated heterocycles. The van der Waals surface area contributed by atoms with E-state index in [2.05, 4.69) is 23.2 Å². The van der Waals surface area contributed by atoms with Crippen molar-refractivity contribution < 1.29 is 5.11 Å². The van der Waals surface area contributed by atoms with Gasteiger partial charge in [0.25, 0.3) is 0 Å². The fourth-order valence-corrected chi connectivity index (χ4v) is 3.02. The molecule has 3 heteroatoms. The van der Waals surface area contributed by atoms with E-state index in [1.165, 1.54) is 11.1 Å². The monoisotopic (exact) mass is 254 g/mol. The van der Waals surface area contributed by atoms with E-state index in [0.29, 0.717) is 5.82 Å². The van der Waals surface area contributed by atoms with E-state index in [1.54, 1.807) is 6.20 Å². The van der Waals surface area contributed by atoms with Crippen LogP contribution in [0.2, 0.25) is 0 Å². The predicted molar refractivity (Wildman–Crippen MR) is 75.7 cm³/mol. The summed E-state index contributed by atoms with van der Waals surface area (Å²) in [6, 6.07) is 12.1. The number of rotatable bonds is 2. The van der Waals surface area contributed by atoms with Gasteiger partial charge < -0.3 is 10.8 Å². The summed E-state index contributed by atoms with van der Waals surface area (Å²) >= 11 is 0. The number of aliphatic hydroxyl groups is 1. The first-order valence-corrected chi connectivity index (χ1v) is 6.73. The summed E-state index contributed by atoms with van der Waals surface area (Å²) in [6.07, 6.45) is 4.28. The molecule has 19 heavy (non-hydrogen) atoms. The van der Waals surface area contributed by atoms with E-state index in [-0.39, 0.29) is 5.92 Å². The van der Waals surface area contributed by atoms with Crippen LogP contribution in [0.4, 0.5) is 5.82 Å². The van der Waals surface area contributed by atoms with Gasteiger partial charge in [0.1, 0.15) is 5.82 Å². The zero-order valence-electron chi connectivity index (χ0n) is 10.8. The zero-order chi connectivity index (χ0) is 13.2. The van der Waals surface area contributed by atoms with Gasteiger partial charge in [-0.1, -0.05) is 30.3 Å². The SMILES string of the molecule is Nc1ncccc1C(O)C1CCCc2ccccc21. The number of aryl methyl sites for hydroxylation is 1. The molecule has 3 nitrogen and oxygen atoms in total. The highest BCUT2D eigenvalue weighted by molar-refractivity contribution is 5.43. The average molecular weight is 254 g/mol. The van der Waals surface area contributed by atoms with Crippen LogP contribution in [-0.2, 0) is 6.42 Å². The van der Waals surface area contributed by atoms with Gasteiger partial charge in [0.2, 0.25) is 0 Å². The quantitative estimate of drug-likeness (QED) is 0.866. The number of aromatic nitrogens is 1. The maximum Gasteiger partial charge on any atom is 0.129 e. The Hall–Kier alpha value is -1.87. The normalized spacial score (nSPS) is 19.7. The summed E-state index contributed by atoms with van der Waals surface area (Å²) in [6.45, 7) is 0. The second-order valence-electron chi connectivity index (χ2n) is 5.12. The Morgan fingerprint density at radius 3 is 2.89 bits per heavy atom. The molecule has 0 saturated carbocycles. The fraction of sp³-hybridized carbons (Fsp3) is 0.312. The van der Waals surface area contributed by atoms with E-state index < -0.39 is 6.10 Å². The van der Waals surface area contributed by atoms with Crippen LogP contribution in [0.15, 0.2) is 42.6 Å². The Morgan fingerprint density at radius 2 is 2.05 bits per heavy atom. The van der Waals surface area contributed by atoms with Crippen LogP contribution in [0.25, 0.3) is 0 Å². The predicted octanol–water partition coefficient (Wildman–Crippen LogP) is 2.82. The van der Waals surface area contributed by atoms with Crippen molar-refractivity contribution in [2.75, 3.05) is 5.73 Å². The highest BCUT2D eigenvalue weighted by atomic mass is 16.3. The lowest BCUT2D eigenvalue weighted by Gasteiger charge is -2.30. The van der Waals surface area contributed by atoms with Crippen molar-refractivity contribution in [1.29, 1.82) is 0 Å². The number of nitrogen functional groups attached to an aromatic ring is 1. The van der Waals surface area contributed by atoms with Crippen LogP contribution < -0.4 is 5.73 Å². The molecule has 3 rings (SSSR count). The molecule has 98 valence electrons. The minimum Gasteiger partial charge on any atom is -0.388 e. The number of aliphatic hydroxyl groups excluding tert-OH is 1. The van der Waals surface area contributed by atoms with Crippen LogP contribution in [-0.4, -0.2) is 10.1 Å². The third-order valence-corrected chi connectivity index (χ3v) is 3.99. The molecule has 0 radical (unpaired) electrons. The van der Waals surface area contributed by atoms with Gasteiger partial charge in [-0.2, -0.15) is 0 Å². The molecule has 3 N–H and O–H groups in total. The van der Waals surface area contributed by atoms with Crippen molar-refractivity contribution in [2.45, 2.75) is 31.3 Å². The number of fused-ring (bicyclic) bond motifs is 1. The second-order valence-corrected chi connectivity index (χ2v) is 5.12. The fourth-order valence-electron chi connectivity index (χ4n) is 3.02. The topological polar surface area (TPSA) is 59.1 Å². The van der Waals surface area contributed by atoms with Crippen LogP contribution in [0, 0.1) is 0 Å². The third kappa shape index (κ3) is 2.22. The van der Waals surface area contributed by atoms with Gasteiger partial charge in [-0.25, -0.2) is 4.98 Å². The Bertz CT molecular complexity index is 582. The minimum absolute atomic E-state index is 0.122. The standard InChI is InChI=1S/C16H18N2O/c17-16-14(9-4-10-18-16)15(19)13-8-3-6-11-5-1-2-7-12(11)13/h1-2,4-5,7,9-10,13,15,19H,3,6,8H2,(H2,17,18). The van der Waals surface area contributed by atoms with Gasteiger partial charge in [0.05, 0.1) is 6.10 Å². The second kappa shape index (κ2) is 5.02. The molecule has 0 amide bonds. The van der Waals surface area contributed by atoms with Crippen molar-refractivity contribution >= 4 is 5.82 Å². The molecule has 0 spiro atoms. The highest BCUT2D eigenvalue weighted by Gasteiger charge is 2.28. The van der Waals surface area contributed by atoms with Crippen molar-refractivity contribution in [3.05, 3.63) is 59.3 Å². The summed E-state index contributed by atoms with van der Waals surface area (Å²) in [5.74, 6) is 0.550. The Labute approximate surface area is 113 Å². The van der Waals surface area contributed by atoms with Crippen molar-refractivity contribution in [2.24, 2.45) is 0 Å². The number of benzene rings is 1. The van der Waals surface area contributed by atoms with Gasteiger partial charge in [0.15, 0.2) is 0 Å². The number of nitrogens with zero attached hydrogens (tertiary/aromatic N) is 1. The lowest BCUT2D eigenvalue weighted by atomic mass is 9.78. The number of hydrogen-bond donors (Lipinski definition) is 2. The maximum atomic E-state index is 10.7. The smallest absolute Gasteiger partial charge is 0.129 e. The number of hydrogen-bond acceptors (Lipinski definition) is 3. The van der Waals surface area contributed by atoms with E-state index >= 15 is 0 Å². The maximum absolute atomic E-state index is 10.7. The van der Waals surface area contributed by atoms with Gasteiger partial charge in [0, 0.05) is 17.7 Å². The highest BCUT2D eigenvalue weighted by Crippen LogP contribution is 2.41. The first-order valence-electron chi connectivity index (χ1n) is 6.73. The first kappa shape index (κ1) is 12.2. The number of anilines is 1. The number of nitrogens with two attached hydrogens (primary N) is 1. The molecule has 2 atom stereocenters. The molecule has 2 unspecified atom stereocenters. The van der Waals surface area contributed by atoms with Crippen LogP contribution in [0.3, 0.4) is 0 Å². The molecule has 1 aromatic carbocycles. The molecular formula is C16H18N2O. The first-order chi connectivity index (χ1) is 9.27. The van der Waals surface area contributed by atoms with Gasteiger partial charge >= 0.3 is 0 Å². The zero-order valence-corrected chi connectivity index (χ0v) is 10.8. The lowest BCUT2D eigenvalue weighted by molar-refractivity contribution is 0.136. The molecule has 0 fully saturated rings. The minimum atomic E-state index is -0.574. The van der Waals surface area contributed by atoms with Crippen LogP contribution in [0.5, 0.6) is 0 Å². The van der Waals surface area contributed by atoms with Crippen LogP contribution in [0.1, 0.15) is 41.6 Å². The van der Waals surface area contributed by atoms with E-state index in [0.717, 1.165) is 24.8 Å². The molecule has 1 aliphatic rings. The molecule has 1 heterocycles. The molecule has 0 bridgehead atoms. The molecular weight excluding hydrogens is 236 g/mol. The Balaban J connectivity index is 1.98. The average Bonchev–Trinajstić information content (AvgIpc) is 2.46. The largest absolute Gasteiger partial charge is 0.388 e. The third-order valence-electron chi connectivity index (χ3n) is 3.99. The number of pyridine rings is 1. The Kier molecular flexibility index (Phi) is 3.22. The molecule has 2 aromatic rings. The van der Waals surface area contributed by atoms with Gasteiger partial charge in [-0.3, -0.25) is 0 Å². The lowest BCUT2D eigenvalue weighted by Crippen LogP contribution is -2.18. The van der Waals surface area contributed by atoms with Gasteiger partial charge in [-0.05, 0) is 36.5 Å². The van der Waals surface area contributed by atoms with Crippen molar-refractivity contribution in [3.8, 4) is 0 Å². The summed E-state index contributed by atoms with van der Waals surface area (Å²) in [5, 5.41) is 10.7. The van der Waals surface area contributed by atoms with E-state index in [4.69, 9.17) is 5.73 Å². The van der Waals surface area contributed by atoms with Crippen LogP contribution >= 0.6 is 0 Å². The molecule has 1 aromatic heterocycles. The van der Waals surface area contributed by atoms with E-state index in [1.807, 2.05) is 18.2 Å². The Morgan fingerprint density at radius 1 is 1.21 bits per heavy atom.